The van der Waals surface area contributed by atoms with Crippen LogP contribution in [0.1, 0.15) is 25.7 Å². The number of hydrogen-bond donors (Lipinski definition) is 1. The molecule has 1 atom stereocenters. The van der Waals surface area contributed by atoms with Gasteiger partial charge < -0.3 is 14.7 Å². The molecule has 1 unspecified atom stereocenters. The third-order valence-electron chi connectivity index (χ3n) is 4.33. The fourth-order valence-corrected chi connectivity index (χ4v) is 3.71. The Morgan fingerprint density at radius 1 is 1.41 bits per heavy atom. The second-order valence-electron chi connectivity index (χ2n) is 6.16. The summed E-state index contributed by atoms with van der Waals surface area (Å²) in [5.74, 6) is -0.690. The molecule has 0 saturated carbocycles. The molecule has 1 aliphatic rings. The quantitative estimate of drug-likeness (QED) is 0.659. The van der Waals surface area contributed by atoms with Crippen LogP contribution in [0.2, 0.25) is 0 Å². The van der Waals surface area contributed by atoms with Crippen LogP contribution in [0.15, 0.2) is 0 Å². The molecule has 22 heavy (non-hydrogen) atoms. The lowest BCUT2D eigenvalue weighted by Gasteiger charge is -2.40. The van der Waals surface area contributed by atoms with E-state index < -0.39 is 21.4 Å². The van der Waals surface area contributed by atoms with Crippen molar-refractivity contribution in [2.24, 2.45) is 5.41 Å². The third-order valence-corrected chi connectivity index (χ3v) is 6.24. The van der Waals surface area contributed by atoms with E-state index in [1.54, 1.807) is 7.11 Å². The number of rotatable bonds is 9. The monoisotopic (exact) mass is 336 g/mol. The van der Waals surface area contributed by atoms with Crippen molar-refractivity contribution in [3.05, 3.63) is 0 Å². The molecule has 0 spiro atoms. The summed E-state index contributed by atoms with van der Waals surface area (Å²) in [6.07, 6.45) is 2.47. The van der Waals surface area contributed by atoms with E-state index in [1.807, 2.05) is 0 Å². The Hall–Kier alpha value is -0.700. The Balaban J connectivity index is 2.57. The number of methoxy groups -OCH3 is 1. The van der Waals surface area contributed by atoms with Crippen molar-refractivity contribution in [2.75, 3.05) is 53.2 Å². The topological polar surface area (TPSA) is 87.1 Å². The van der Waals surface area contributed by atoms with Gasteiger partial charge in [-0.05, 0) is 38.8 Å². The van der Waals surface area contributed by atoms with Gasteiger partial charge in [0.2, 0.25) is 10.0 Å². The van der Waals surface area contributed by atoms with Gasteiger partial charge in [0.25, 0.3) is 0 Å². The molecule has 0 amide bonds. The number of nitrogens with zero attached hydrogens (tertiary/aromatic N) is 2. The van der Waals surface area contributed by atoms with Gasteiger partial charge in [-0.15, -0.1) is 0 Å². The predicted molar refractivity (Wildman–Crippen MR) is 84.3 cm³/mol. The van der Waals surface area contributed by atoms with Gasteiger partial charge in [0.15, 0.2) is 0 Å². The largest absolute Gasteiger partial charge is 0.481 e. The summed E-state index contributed by atoms with van der Waals surface area (Å²) in [6.45, 7) is 2.32. The number of carbonyl (C=O) groups is 1. The van der Waals surface area contributed by atoms with Crippen molar-refractivity contribution in [1.82, 2.24) is 9.21 Å². The SMILES string of the molecule is COCCC1(C(=O)O)CCCN(CCCS(=O)(=O)N(C)C)C1. The van der Waals surface area contributed by atoms with Crippen molar-refractivity contribution in [2.45, 2.75) is 25.7 Å². The molecule has 0 bridgehead atoms. The number of aliphatic carboxylic acids is 1. The van der Waals surface area contributed by atoms with Gasteiger partial charge in [-0.3, -0.25) is 4.79 Å². The van der Waals surface area contributed by atoms with Gasteiger partial charge in [-0.1, -0.05) is 0 Å². The first kappa shape index (κ1) is 19.3. The molecule has 0 aromatic rings. The van der Waals surface area contributed by atoms with E-state index in [-0.39, 0.29) is 5.75 Å². The average Bonchev–Trinajstić information content (AvgIpc) is 2.45. The van der Waals surface area contributed by atoms with Crippen LogP contribution < -0.4 is 0 Å². The van der Waals surface area contributed by atoms with E-state index >= 15 is 0 Å². The number of sulfonamides is 1. The van der Waals surface area contributed by atoms with E-state index in [9.17, 15) is 18.3 Å². The summed E-state index contributed by atoms with van der Waals surface area (Å²) in [5, 5.41) is 9.58. The van der Waals surface area contributed by atoms with Gasteiger partial charge in [0.05, 0.1) is 11.2 Å². The van der Waals surface area contributed by atoms with Crippen LogP contribution >= 0.6 is 0 Å². The molecular formula is C14H28N2O5S. The molecule has 0 aromatic heterocycles. The zero-order valence-electron chi connectivity index (χ0n) is 13.7. The standard InChI is InChI=1S/C14H28N2O5S/c1-15(2)22(19,20)11-5-9-16-8-4-6-14(12-16,13(17)18)7-10-21-3/h4-12H2,1-3H3,(H,17,18). The summed E-state index contributed by atoms with van der Waals surface area (Å²) in [7, 11) is 1.43. The van der Waals surface area contributed by atoms with Crippen LogP contribution in [-0.4, -0.2) is 81.9 Å². The highest BCUT2D eigenvalue weighted by Crippen LogP contribution is 2.34. The van der Waals surface area contributed by atoms with E-state index in [0.717, 1.165) is 13.0 Å². The lowest BCUT2D eigenvalue weighted by Crippen LogP contribution is -2.48. The number of likely N-dealkylation sites (tertiary alicyclic amines) is 1. The van der Waals surface area contributed by atoms with Gasteiger partial charge in [0.1, 0.15) is 0 Å². The molecule has 1 heterocycles. The lowest BCUT2D eigenvalue weighted by atomic mass is 9.77. The molecule has 1 rings (SSSR count). The Bertz CT molecular complexity index is 466. The molecule has 130 valence electrons. The minimum absolute atomic E-state index is 0.0919. The molecule has 1 saturated heterocycles. The first-order valence-corrected chi connectivity index (χ1v) is 9.19. The van der Waals surface area contributed by atoms with Gasteiger partial charge in [-0.25, -0.2) is 12.7 Å². The van der Waals surface area contributed by atoms with E-state index in [2.05, 4.69) is 4.90 Å². The second-order valence-corrected chi connectivity index (χ2v) is 8.46. The van der Waals surface area contributed by atoms with Gasteiger partial charge in [-0.2, -0.15) is 0 Å². The molecule has 0 aliphatic carbocycles. The first-order valence-electron chi connectivity index (χ1n) is 7.58. The Kier molecular flexibility index (Phi) is 7.24. The summed E-state index contributed by atoms with van der Waals surface area (Å²) < 4.78 is 29.8. The lowest BCUT2D eigenvalue weighted by molar-refractivity contribution is -0.154. The van der Waals surface area contributed by atoms with E-state index in [0.29, 0.717) is 39.0 Å². The van der Waals surface area contributed by atoms with Crippen molar-refractivity contribution in [3.8, 4) is 0 Å². The molecule has 1 fully saturated rings. The summed E-state index contributed by atoms with van der Waals surface area (Å²) in [6, 6.07) is 0. The minimum Gasteiger partial charge on any atom is -0.481 e. The number of carboxylic acid groups (broad SMARTS) is 1. The smallest absolute Gasteiger partial charge is 0.311 e. The van der Waals surface area contributed by atoms with Crippen LogP contribution in [0.3, 0.4) is 0 Å². The highest BCUT2D eigenvalue weighted by Gasteiger charge is 2.41. The number of ether oxygens (including phenoxy) is 1. The van der Waals surface area contributed by atoms with Crippen LogP contribution in [0.4, 0.5) is 0 Å². The number of carboxylic acids is 1. The highest BCUT2D eigenvalue weighted by atomic mass is 32.2. The average molecular weight is 336 g/mol. The summed E-state index contributed by atoms with van der Waals surface area (Å²) in [5.41, 5.74) is -0.769. The Labute approximate surface area is 133 Å². The van der Waals surface area contributed by atoms with Crippen LogP contribution in [0.5, 0.6) is 0 Å². The van der Waals surface area contributed by atoms with Crippen LogP contribution in [-0.2, 0) is 19.6 Å². The van der Waals surface area contributed by atoms with Crippen LogP contribution in [0, 0.1) is 5.41 Å². The fourth-order valence-electron chi connectivity index (χ4n) is 2.85. The number of hydrogen-bond acceptors (Lipinski definition) is 5. The Morgan fingerprint density at radius 3 is 2.64 bits per heavy atom. The maximum absolute atomic E-state index is 11.7. The zero-order chi connectivity index (χ0) is 16.8. The molecule has 7 nitrogen and oxygen atoms in total. The normalized spacial score (nSPS) is 23.8. The van der Waals surface area contributed by atoms with Gasteiger partial charge in [0, 0.05) is 34.4 Å². The van der Waals surface area contributed by atoms with Crippen molar-refractivity contribution < 1.29 is 23.1 Å². The van der Waals surface area contributed by atoms with Crippen molar-refractivity contribution in [1.29, 1.82) is 0 Å². The zero-order valence-corrected chi connectivity index (χ0v) is 14.6. The fraction of sp³-hybridized carbons (Fsp3) is 0.929. The predicted octanol–water partition coefficient (Wildman–Crippen LogP) is 0.471. The molecule has 0 aromatic carbocycles. The first-order chi connectivity index (χ1) is 10.2. The van der Waals surface area contributed by atoms with Gasteiger partial charge >= 0.3 is 5.97 Å². The maximum Gasteiger partial charge on any atom is 0.311 e. The molecule has 8 heteroatoms. The van der Waals surface area contributed by atoms with Crippen molar-refractivity contribution in [3.63, 3.8) is 0 Å². The highest BCUT2D eigenvalue weighted by molar-refractivity contribution is 7.89. The van der Waals surface area contributed by atoms with Crippen molar-refractivity contribution >= 4 is 16.0 Å². The maximum atomic E-state index is 11.7. The summed E-state index contributed by atoms with van der Waals surface area (Å²) >= 11 is 0. The summed E-state index contributed by atoms with van der Waals surface area (Å²) in [4.78, 5) is 13.7. The molecule has 1 aliphatic heterocycles. The molecule has 0 radical (unpaired) electrons. The second kappa shape index (κ2) is 8.24. The third kappa shape index (κ3) is 5.19. The number of piperidine rings is 1. The molecule has 1 N–H and O–H groups in total. The van der Waals surface area contributed by atoms with Crippen LogP contribution in [0.25, 0.3) is 0 Å². The Morgan fingerprint density at radius 2 is 2.09 bits per heavy atom. The van der Waals surface area contributed by atoms with E-state index in [1.165, 1.54) is 18.4 Å². The van der Waals surface area contributed by atoms with E-state index in [4.69, 9.17) is 4.74 Å². The molecular weight excluding hydrogens is 308 g/mol. The minimum atomic E-state index is -3.19.